The summed E-state index contributed by atoms with van der Waals surface area (Å²) < 4.78 is 0. The van der Waals surface area contributed by atoms with Crippen LogP contribution in [-0.4, -0.2) is 35.2 Å². The SMILES string of the molecule is CC(C)Sc1ccc([C@@H](C)NC(=O)N2CCC(C(N)=O)CC2)cc1. The first kappa shape index (κ1) is 18.6. The van der Waals surface area contributed by atoms with Gasteiger partial charge in [-0.1, -0.05) is 26.0 Å². The van der Waals surface area contributed by atoms with Gasteiger partial charge in [0.05, 0.1) is 6.04 Å². The molecule has 3 N–H and O–H groups in total. The van der Waals surface area contributed by atoms with E-state index in [1.807, 2.05) is 18.7 Å². The molecule has 2 rings (SSSR count). The van der Waals surface area contributed by atoms with Crippen molar-refractivity contribution in [2.24, 2.45) is 11.7 Å². The van der Waals surface area contributed by atoms with Crippen LogP contribution in [0, 0.1) is 5.92 Å². The zero-order valence-corrected chi connectivity index (χ0v) is 15.4. The molecule has 5 nitrogen and oxygen atoms in total. The third-order valence-electron chi connectivity index (χ3n) is 4.28. The Labute approximate surface area is 148 Å². The van der Waals surface area contributed by atoms with E-state index in [9.17, 15) is 9.59 Å². The van der Waals surface area contributed by atoms with Crippen LogP contribution in [-0.2, 0) is 4.79 Å². The lowest BCUT2D eigenvalue weighted by molar-refractivity contribution is -0.123. The quantitative estimate of drug-likeness (QED) is 0.802. The molecule has 1 aromatic carbocycles. The molecule has 1 aliphatic heterocycles. The summed E-state index contributed by atoms with van der Waals surface area (Å²) >= 11 is 1.82. The van der Waals surface area contributed by atoms with E-state index in [1.165, 1.54) is 4.90 Å². The normalized spacial score (nSPS) is 16.9. The smallest absolute Gasteiger partial charge is 0.317 e. The lowest BCUT2D eigenvalue weighted by Gasteiger charge is -2.31. The third-order valence-corrected chi connectivity index (χ3v) is 5.29. The molecule has 0 spiro atoms. The van der Waals surface area contributed by atoms with E-state index >= 15 is 0 Å². The Morgan fingerprint density at radius 1 is 1.17 bits per heavy atom. The fourth-order valence-corrected chi connectivity index (χ4v) is 3.67. The summed E-state index contributed by atoms with van der Waals surface area (Å²) in [6.45, 7) is 7.48. The number of hydrogen-bond acceptors (Lipinski definition) is 3. The lowest BCUT2D eigenvalue weighted by Crippen LogP contribution is -2.46. The molecule has 0 saturated carbocycles. The molecule has 132 valence electrons. The molecule has 0 bridgehead atoms. The highest BCUT2D eigenvalue weighted by Gasteiger charge is 2.26. The van der Waals surface area contributed by atoms with Crippen molar-refractivity contribution in [3.05, 3.63) is 29.8 Å². The van der Waals surface area contributed by atoms with Gasteiger partial charge in [0.1, 0.15) is 0 Å². The number of carbonyl (C=O) groups excluding carboxylic acids is 2. The molecule has 1 heterocycles. The number of rotatable bonds is 5. The number of likely N-dealkylation sites (tertiary alicyclic amines) is 1. The molecule has 0 aromatic heterocycles. The molecule has 1 fully saturated rings. The minimum atomic E-state index is -0.261. The maximum absolute atomic E-state index is 12.4. The van der Waals surface area contributed by atoms with Gasteiger partial charge in [0.25, 0.3) is 0 Å². The van der Waals surface area contributed by atoms with E-state index < -0.39 is 0 Å². The Hall–Kier alpha value is -1.69. The summed E-state index contributed by atoms with van der Waals surface area (Å²) in [5.41, 5.74) is 6.41. The molecular formula is C18H27N3O2S. The highest BCUT2D eigenvalue weighted by atomic mass is 32.2. The minimum Gasteiger partial charge on any atom is -0.369 e. The van der Waals surface area contributed by atoms with Crippen LogP contribution in [0.2, 0.25) is 0 Å². The molecule has 3 amide bonds. The van der Waals surface area contributed by atoms with Gasteiger partial charge >= 0.3 is 6.03 Å². The van der Waals surface area contributed by atoms with Crippen LogP contribution in [0.15, 0.2) is 29.2 Å². The molecule has 1 aliphatic rings. The molecule has 0 aliphatic carbocycles. The summed E-state index contributed by atoms with van der Waals surface area (Å²) in [5.74, 6) is -0.361. The van der Waals surface area contributed by atoms with Crippen molar-refractivity contribution in [2.45, 2.75) is 49.8 Å². The van der Waals surface area contributed by atoms with Crippen molar-refractivity contribution in [1.29, 1.82) is 0 Å². The number of hydrogen-bond donors (Lipinski definition) is 2. The number of urea groups is 1. The molecule has 0 unspecified atom stereocenters. The number of nitrogens with zero attached hydrogens (tertiary/aromatic N) is 1. The standard InChI is InChI=1S/C18H27N3O2S/c1-12(2)24-16-6-4-14(5-7-16)13(3)20-18(23)21-10-8-15(9-11-21)17(19)22/h4-7,12-13,15H,8-11H2,1-3H3,(H2,19,22)(H,20,23)/t13-/m1/s1. The van der Waals surface area contributed by atoms with Gasteiger partial charge in [0, 0.05) is 29.2 Å². The minimum absolute atomic E-state index is 0.0514. The summed E-state index contributed by atoms with van der Waals surface area (Å²) in [4.78, 5) is 26.6. The molecule has 0 radical (unpaired) electrons. The van der Waals surface area contributed by atoms with Gasteiger partial charge in [-0.05, 0) is 37.5 Å². The van der Waals surface area contributed by atoms with Gasteiger partial charge in [-0.25, -0.2) is 4.79 Å². The number of amides is 3. The van der Waals surface area contributed by atoms with Gasteiger partial charge in [0.15, 0.2) is 0 Å². The second-order valence-corrected chi connectivity index (χ2v) is 8.22. The Kier molecular flexibility index (Phi) is 6.54. The Bertz CT molecular complexity index is 566. The average Bonchev–Trinajstić information content (AvgIpc) is 2.55. The predicted molar refractivity (Wildman–Crippen MR) is 97.9 cm³/mol. The number of primary amides is 1. The molecule has 6 heteroatoms. The van der Waals surface area contributed by atoms with Gasteiger partial charge in [-0.2, -0.15) is 0 Å². The second-order valence-electron chi connectivity index (χ2n) is 6.57. The number of thioether (sulfide) groups is 1. The van der Waals surface area contributed by atoms with Crippen molar-refractivity contribution < 1.29 is 9.59 Å². The van der Waals surface area contributed by atoms with Crippen LogP contribution in [0.1, 0.15) is 45.2 Å². The first-order valence-corrected chi connectivity index (χ1v) is 9.36. The van der Waals surface area contributed by atoms with Crippen LogP contribution in [0.5, 0.6) is 0 Å². The largest absolute Gasteiger partial charge is 0.369 e. The Morgan fingerprint density at radius 3 is 2.25 bits per heavy atom. The molecular weight excluding hydrogens is 322 g/mol. The average molecular weight is 350 g/mol. The maximum Gasteiger partial charge on any atom is 0.317 e. The number of nitrogens with one attached hydrogen (secondary N) is 1. The van der Waals surface area contributed by atoms with Gasteiger partial charge in [0.2, 0.25) is 5.91 Å². The Balaban J connectivity index is 1.86. The highest BCUT2D eigenvalue weighted by Crippen LogP contribution is 2.25. The first-order valence-electron chi connectivity index (χ1n) is 8.48. The van der Waals surface area contributed by atoms with Crippen molar-refractivity contribution in [2.75, 3.05) is 13.1 Å². The highest BCUT2D eigenvalue weighted by molar-refractivity contribution is 7.99. The molecule has 1 saturated heterocycles. The van der Waals surface area contributed by atoms with Gasteiger partial charge in [-0.3, -0.25) is 4.79 Å². The zero-order chi connectivity index (χ0) is 17.7. The maximum atomic E-state index is 12.4. The van der Waals surface area contributed by atoms with Crippen LogP contribution >= 0.6 is 11.8 Å². The summed E-state index contributed by atoms with van der Waals surface area (Å²) in [5, 5.41) is 3.59. The molecule has 1 atom stereocenters. The number of nitrogens with two attached hydrogens (primary N) is 1. The monoisotopic (exact) mass is 349 g/mol. The van der Waals surface area contributed by atoms with Crippen LogP contribution in [0.4, 0.5) is 4.79 Å². The first-order chi connectivity index (χ1) is 11.4. The predicted octanol–water partition coefficient (Wildman–Crippen LogP) is 3.16. The lowest BCUT2D eigenvalue weighted by atomic mass is 9.96. The molecule has 1 aromatic rings. The Morgan fingerprint density at radius 2 is 1.75 bits per heavy atom. The van der Waals surface area contributed by atoms with Crippen molar-refractivity contribution in [3.63, 3.8) is 0 Å². The van der Waals surface area contributed by atoms with Crippen molar-refractivity contribution in [1.82, 2.24) is 10.2 Å². The van der Waals surface area contributed by atoms with Gasteiger partial charge in [-0.15, -0.1) is 11.8 Å². The van der Waals surface area contributed by atoms with E-state index in [1.54, 1.807) is 4.90 Å². The van der Waals surface area contributed by atoms with E-state index in [0.717, 1.165) is 5.56 Å². The fraction of sp³-hybridized carbons (Fsp3) is 0.556. The fourth-order valence-electron chi connectivity index (χ4n) is 2.83. The second kappa shape index (κ2) is 8.42. The van der Waals surface area contributed by atoms with Crippen LogP contribution in [0.3, 0.4) is 0 Å². The van der Waals surface area contributed by atoms with E-state index in [4.69, 9.17) is 5.73 Å². The van der Waals surface area contributed by atoms with Gasteiger partial charge < -0.3 is 16.0 Å². The van der Waals surface area contributed by atoms with Crippen molar-refractivity contribution >= 4 is 23.7 Å². The third kappa shape index (κ3) is 5.16. The zero-order valence-electron chi connectivity index (χ0n) is 14.6. The van der Waals surface area contributed by atoms with E-state index in [0.29, 0.717) is 31.2 Å². The summed E-state index contributed by atoms with van der Waals surface area (Å²) in [6.07, 6.45) is 1.30. The number of benzene rings is 1. The van der Waals surface area contributed by atoms with Crippen molar-refractivity contribution in [3.8, 4) is 0 Å². The number of carbonyl (C=O) groups is 2. The molecule has 24 heavy (non-hydrogen) atoms. The van der Waals surface area contributed by atoms with E-state index in [-0.39, 0.29) is 23.9 Å². The topological polar surface area (TPSA) is 75.4 Å². The summed E-state index contributed by atoms with van der Waals surface area (Å²) in [7, 11) is 0. The van der Waals surface area contributed by atoms with Crippen LogP contribution < -0.4 is 11.1 Å². The number of piperidine rings is 1. The summed E-state index contributed by atoms with van der Waals surface area (Å²) in [6, 6.07) is 8.20. The van der Waals surface area contributed by atoms with E-state index in [2.05, 4.69) is 43.4 Å². The van der Waals surface area contributed by atoms with Crippen LogP contribution in [0.25, 0.3) is 0 Å².